The summed E-state index contributed by atoms with van der Waals surface area (Å²) in [4.78, 5) is 22.9. The Hall–Kier alpha value is -1.55. The molecule has 1 fully saturated rings. The Morgan fingerprint density at radius 1 is 1.17 bits per heavy atom. The Morgan fingerprint density at radius 2 is 1.78 bits per heavy atom. The normalized spacial score (nSPS) is 23.3. The average Bonchev–Trinajstić information content (AvgIpc) is 2.54. The van der Waals surface area contributed by atoms with Crippen molar-refractivity contribution in [2.24, 2.45) is 0 Å². The Bertz CT molecular complexity index is 470. The summed E-state index contributed by atoms with van der Waals surface area (Å²) in [6, 6.07) is 7.07. The molecule has 0 aromatic heterocycles. The van der Waals surface area contributed by atoms with Crippen LogP contribution >= 0.6 is 11.6 Å². The molecular weight excluding hydrogens is 254 g/mol. The van der Waals surface area contributed by atoms with Crippen LogP contribution in [0.5, 0.6) is 5.75 Å². The van der Waals surface area contributed by atoms with Crippen LogP contribution in [0.25, 0.3) is 0 Å². The molecule has 1 saturated heterocycles. The summed E-state index contributed by atoms with van der Waals surface area (Å²) in [6.07, 6.45) is 0.0907. The summed E-state index contributed by atoms with van der Waals surface area (Å²) in [5.74, 6) is -0.677. The summed E-state index contributed by atoms with van der Waals surface area (Å²) >= 11 is 5.92. The maximum atomic E-state index is 11.6. The molecule has 0 radical (unpaired) electrons. The quantitative estimate of drug-likeness (QED) is 0.671. The lowest BCUT2D eigenvalue weighted by atomic mass is 9.97. The van der Waals surface area contributed by atoms with E-state index in [-0.39, 0.29) is 12.0 Å². The van der Waals surface area contributed by atoms with Gasteiger partial charge in [-0.2, -0.15) is 0 Å². The van der Waals surface area contributed by atoms with Crippen LogP contribution in [0.15, 0.2) is 24.3 Å². The topological polar surface area (TPSA) is 55.4 Å². The second kappa shape index (κ2) is 4.98. The van der Waals surface area contributed by atoms with Crippen molar-refractivity contribution in [2.45, 2.75) is 31.2 Å². The van der Waals surface area contributed by atoms with Crippen LogP contribution in [0.1, 0.15) is 25.3 Å². The van der Waals surface area contributed by atoms with Crippen LogP contribution in [0, 0.1) is 0 Å². The van der Waals surface area contributed by atoms with Crippen molar-refractivity contribution in [3.8, 4) is 5.75 Å². The molecule has 1 heterocycles. The zero-order chi connectivity index (χ0) is 13.3. The van der Waals surface area contributed by atoms with Gasteiger partial charge in [-0.3, -0.25) is 14.9 Å². The summed E-state index contributed by atoms with van der Waals surface area (Å²) in [5, 5.41) is 1.38. The summed E-state index contributed by atoms with van der Waals surface area (Å²) < 4.78 is 5.51. The van der Waals surface area contributed by atoms with Crippen molar-refractivity contribution in [3.05, 3.63) is 29.8 Å². The van der Waals surface area contributed by atoms with Gasteiger partial charge < -0.3 is 4.74 Å². The molecule has 2 atom stereocenters. The number of carbonyl (C=O) groups excluding carboxylic acids is 2. The number of hydrogen-bond acceptors (Lipinski definition) is 3. The molecule has 1 aliphatic rings. The molecule has 0 aliphatic carbocycles. The predicted molar refractivity (Wildman–Crippen MR) is 67.7 cm³/mol. The van der Waals surface area contributed by atoms with Crippen molar-refractivity contribution in [3.63, 3.8) is 0 Å². The molecule has 1 aromatic carbocycles. The first kappa shape index (κ1) is 12.9. The Labute approximate surface area is 110 Å². The number of alkyl halides is 1. The van der Waals surface area contributed by atoms with Gasteiger partial charge in [0.15, 0.2) is 0 Å². The van der Waals surface area contributed by atoms with Gasteiger partial charge in [0.2, 0.25) is 11.8 Å². The standard InChI is InChI=1S/C13H14ClNO3/c1-7(2)18-9-5-3-8(4-6-9)10-11(14)13(17)15-12(10)16/h3-7,10-11H,1-2H3,(H,15,16,17). The van der Waals surface area contributed by atoms with Gasteiger partial charge in [0.05, 0.1) is 12.0 Å². The minimum atomic E-state index is -0.839. The number of ether oxygens (including phenoxy) is 1. The molecule has 5 heteroatoms. The summed E-state index contributed by atoms with van der Waals surface area (Å²) in [5.41, 5.74) is 0.717. The smallest absolute Gasteiger partial charge is 0.245 e. The molecule has 0 spiro atoms. The van der Waals surface area contributed by atoms with E-state index in [2.05, 4.69) is 5.32 Å². The van der Waals surface area contributed by atoms with E-state index in [1.165, 1.54) is 0 Å². The van der Waals surface area contributed by atoms with E-state index in [4.69, 9.17) is 16.3 Å². The predicted octanol–water partition coefficient (Wildman–Crippen LogP) is 1.82. The molecule has 2 rings (SSSR count). The second-order valence-electron chi connectivity index (χ2n) is 4.47. The fraction of sp³-hybridized carbons (Fsp3) is 0.385. The molecule has 0 bridgehead atoms. The second-order valence-corrected chi connectivity index (χ2v) is 4.94. The number of benzene rings is 1. The summed E-state index contributed by atoms with van der Waals surface area (Å²) in [7, 11) is 0. The van der Waals surface area contributed by atoms with Gasteiger partial charge in [0.25, 0.3) is 0 Å². The molecule has 4 nitrogen and oxygen atoms in total. The molecule has 18 heavy (non-hydrogen) atoms. The third-order valence-electron chi connectivity index (χ3n) is 2.68. The van der Waals surface area contributed by atoms with Crippen LogP contribution in [-0.2, 0) is 9.59 Å². The highest BCUT2D eigenvalue weighted by molar-refractivity contribution is 6.37. The number of nitrogens with one attached hydrogen (secondary N) is 1. The molecule has 2 amide bonds. The maximum absolute atomic E-state index is 11.6. The van der Waals surface area contributed by atoms with Gasteiger partial charge in [-0.25, -0.2) is 0 Å². The number of halogens is 1. The third kappa shape index (κ3) is 2.48. The van der Waals surface area contributed by atoms with Gasteiger partial charge in [0.1, 0.15) is 11.1 Å². The summed E-state index contributed by atoms with van der Waals surface area (Å²) in [6.45, 7) is 3.87. The van der Waals surface area contributed by atoms with Gasteiger partial charge in [0, 0.05) is 0 Å². The third-order valence-corrected chi connectivity index (χ3v) is 3.13. The number of carbonyl (C=O) groups is 2. The Kier molecular flexibility index (Phi) is 3.57. The fourth-order valence-corrected chi connectivity index (χ4v) is 2.21. The Balaban J connectivity index is 2.19. The first-order valence-electron chi connectivity index (χ1n) is 5.74. The first-order valence-corrected chi connectivity index (χ1v) is 6.18. The number of amides is 2. The van der Waals surface area contributed by atoms with Crippen LogP contribution in [0.4, 0.5) is 0 Å². The lowest BCUT2D eigenvalue weighted by Gasteiger charge is -2.13. The number of imide groups is 1. The molecule has 1 aromatic rings. The van der Waals surface area contributed by atoms with E-state index in [1.807, 2.05) is 13.8 Å². The highest BCUT2D eigenvalue weighted by Gasteiger charge is 2.41. The van der Waals surface area contributed by atoms with E-state index < -0.39 is 17.2 Å². The van der Waals surface area contributed by atoms with E-state index in [0.717, 1.165) is 11.3 Å². The highest BCUT2D eigenvalue weighted by atomic mass is 35.5. The SMILES string of the molecule is CC(C)Oc1ccc(C2C(=O)NC(=O)C2Cl)cc1. The van der Waals surface area contributed by atoms with E-state index in [0.29, 0.717) is 0 Å². The van der Waals surface area contributed by atoms with Gasteiger partial charge in [-0.05, 0) is 31.5 Å². The number of hydrogen-bond donors (Lipinski definition) is 1. The monoisotopic (exact) mass is 267 g/mol. The zero-order valence-electron chi connectivity index (χ0n) is 10.1. The van der Waals surface area contributed by atoms with Gasteiger partial charge in [-0.15, -0.1) is 11.6 Å². The van der Waals surface area contributed by atoms with Crippen molar-refractivity contribution in [1.82, 2.24) is 5.32 Å². The average molecular weight is 268 g/mol. The molecule has 96 valence electrons. The zero-order valence-corrected chi connectivity index (χ0v) is 10.9. The first-order chi connectivity index (χ1) is 8.49. The van der Waals surface area contributed by atoms with Crippen LogP contribution < -0.4 is 10.1 Å². The fourth-order valence-electron chi connectivity index (χ4n) is 1.90. The molecule has 0 saturated carbocycles. The highest BCUT2D eigenvalue weighted by Crippen LogP contribution is 2.29. The molecule has 2 unspecified atom stereocenters. The maximum Gasteiger partial charge on any atom is 0.245 e. The van der Waals surface area contributed by atoms with Crippen molar-refractivity contribution in [1.29, 1.82) is 0 Å². The minimum absolute atomic E-state index is 0.0907. The Morgan fingerprint density at radius 3 is 2.22 bits per heavy atom. The lowest BCUT2D eigenvalue weighted by molar-refractivity contribution is -0.125. The van der Waals surface area contributed by atoms with Crippen molar-refractivity contribution >= 4 is 23.4 Å². The van der Waals surface area contributed by atoms with Crippen molar-refractivity contribution < 1.29 is 14.3 Å². The molecule has 1 N–H and O–H groups in total. The van der Waals surface area contributed by atoms with Gasteiger partial charge >= 0.3 is 0 Å². The van der Waals surface area contributed by atoms with Gasteiger partial charge in [-0.1, -0.05) is 12.1 Å². The minimum Gasteiger partial charge on any atom is -0.491 e. The van der Waals surface area contributed by atoms with Crippen LogP contribution in [-0.4, -0.2) is 23.3 Å². The van der Waals surface area contributed by atoms with E-state index >= 15 is 0 Å². The van der Waals surface area contributed by atoms with E-state index in [1.54, 1.807) is 24.3 Å². The van der Waals surface area contributed by atoms with E-state index in [9.17, 15) is 9.59 Å². The molecular formula is C13H14ClNO3. The number of rotatable bonds is 3. The largest absolute Gasteiger partial charge is 0.491 e. The van der Waals surface area contributed by atoms with Crippen LogP contribution in [0.2, 0.25) is 0 Å². The van der Waals surface area contributed by atoms with Crippen LogP contribution in [0.3, 0.4) is 0 Å². The molecule has 1 aliphatic heterocycles. The lowest BCUT2D eigenvalue weighted by Crippen LogP contribution is -2.22. The van der Waals surface area contributed by atoms with Crippen molar-refractivity contribution in [2.75, 3.05) is 0 Å².